The van der Waals surface area contributed by atoms with Crippen LogP contribution in [0, 0.1) is 26.7 Å². The number of rotatable bonds is 9. The second kappa shape index (κ2) is 13.1. The van der Waals surface area contributed by atoms with Gasteiger partial charge in [0.15, 0.2) is 5.78 Å². The number of H-pyrrole nitrogens is 1. The van der Waals surface area contributed by atoms with E-state index in [0.717, 1.165) is 98.0 Å². The van der Waals surface area contributed by atoms with Crippen LogP contribution in [0.3, 0.4) is 0 Å². The maximum Gasteiger partial charge on any atom is 0.251 e. The molecule has 2 saturated heterocycles. The topological polar surface area (TPSA) is 83.5 Å². The molecule has 0 spiro atoms. The zero-order valence-corrected chi connectivity index (χ0v) is 26.6. The molecule has 1 N–H and O–H groups in total. The minimum absolute atomic E-state index is 0.0893. The summed E-state index contributed by atoms with van der Waals surface area (Å²) in [6.45, 7) is 14.7. The first kappa shape index (κ1) is 30.3. The average Bonchev–Trinajstić information content (AvgIpc) is 3.32. The van der Waals surface area contributed by atoms with Crippen LogP contribution in [0.25, 0.3) is 10.9 Å². The number of anilines is 1. The Morgan fingerprint density at radius 1 is 1.05 bits per heavy atom. The molecule has 0 aliphatic carbocycles. The number of Topliss-reactive ketones (excluding diaryl/α,β-unsaturated/α-hetero) is 1. The van der Waals surface area contributed by atoms with Gasteiger partial charge in [-0.25, -0.2) is 4.98 Å². The second-order valence-electron chi connectivity index (χ2n) is 12.7. The molecule has 2 aliphatic heterocycles. The van der Waals surface area contributed by atoms with E-state index in [-0.39, 0.29) is 17.4 Å². The van der Waals surface area contributed by atoms with Crippen LogP contribution in [0.5, 0.6) is 0 Å². The highest BCUT2D eigenvalue weighted by atomic mass is 16.5. The fraction of sp³-hybridized carbons (Fsp3) is 0.472. The maximum atomic E-state index is 13.7. The lowest BCUT2D eigenvalue weighted by Crippen LogP contribution is -2.37. The van der Waals surface area contributed by atoms with E-state index in [0.29, 0.717) is 24.3 Å². The molecule has 8 heteroatoms. The van der Waals surface area contributed by atoms with Crippen LogP contribution in [0.4, 0.5) is 5.82 Å². The fourth-order valence-corrected chi connectivity index (χ4v) is 7.36. The molecule has 1 atom stereocenters. The van der Waals surface area contributed by atoms with E-state index in [1.165, 1.54) is 5.56 Å². The van der Waals surface area contributed by atoms with Gasteiger partial charge in [-0.3, -0.25) is 14.5 Å². The van der Waals surface area contributed by atoms with E-state index in [1.807, 2.05) is 32.2 Å². The Kier molecular flexibility index (Phi) is 9.01. The lowest BCUT2D eigenvalue weighted by Gasteiger charge is -2.36. The fourth-order valence-electron chi connectivity index (χ4n) is 7.36. The molecule has 8 nitrogen and oxygen atoms in total. The predicted octanol–water partition coefficient (Wildman–Crippen LogP) is 5.78. The Hall–Kier alpha value is -3.75. The van der Waals surface area contributed by atoms with Gasteiger partial charge < -0.3 is 19.2 Å². The minimum atomic E-state index is -0.0893. The van der Waals surface area contributed by atoms with Crippen molar-refractivity contribution in [1.82, 2.24) is 19.4 Å². The van der Waals surface area contributed by atoms with Crippen molar-refractivity contribution in [2.75, 3.05) is 44.3 Å². The number of benzene rings is 1. The van der Waals surface area contributed by atoms with E-state index in [4.69, 9.17) is 9.72 Å². The first-order valence-electron chi connectivity index (χ1n) is 16.1. The number of carbonyl (C=O) groups is 1. The molecule has 2 fully saturated rings. The van der Waals surface area contributed by atoms with Gasteiger partial charge in [-0.2, -0.15) is 0 Å². The zero-order chi connectivity index (χ0) is 30.8. The van der Waals surface area contributed by atoms with Crippen LogP contribution >= 0.6 is 0 Å². The summed E-state index contributed by atoms with van der Waals surface area (Å²) < 4.78 is 7.87. The monoisotopic (exact) mass is 595 g/mol. The van der Waals surface area contributed by atoms with Crippen molar-refractivity contribution >= 4 is 22.5 Å². The summed E-state index contributed by atoms with van der Waals surface area (Å²) in [6, 6.07) is 14.9. The molecule has 2 aliphatic rings. The number of aromatic nitrogens is 3. The summed E-state index contributed by atoms with van der Waals surface area (Å²) in [5.74, 6) is 1.65. The number of nitrogens with one attached hydrogen (secondary N) is 1. The first-order chi connectivity index (χ1) is 21.3. The van der Waals surface area contributed by atoms with Crippen molar-refractivity contribution in [2.24, 2.45) is 5.92 Å². The third kappa shape index (κ3) is 6.24. The van der Waals surface area contributed by atoms with Crippen LogP contribution in [0.2, 0.25) is 0 Å². The van der Waals surface area contributed by atoms with Crippen molar-refractivity contribution in [1.29, 1.82) is 0 Å². The van der Waals surface area contributed by atoms with Gasteiger partial charge in [0.1, 0.15) is 5.82 Å². The third-order valence-corrected chi connectivity index (χ3v) is 9.80. The maximum absolute atomic E-state index is 13.7. The number of nitrogens with zero attached hydrogens (tertiary/aromatic N) is 4. The Labute approximate surface area is 260 Å². The quantitative estimate of drug-likeness (QED) is 0.247. The molecule has 0 bridgehead atoms. The third-order valence-electron chi connectivity index (χ3n) is 9.80. The number of hydrogen-bond acceptors (Lipinski definition) is 6. The van der Waals surface area contributed by atoms with Crippen molar-refractivity contribution in [3.63, 3.8) is 0 Å². The number of hydrogen-bond donors (Lipinski definition) is 1. The van der Waals surface area contributed by atoms with E-state index in [9.17, 15) is 9.59 Å². The van der Waals surface area contributed by atoms with Gasteiger partial charge in [-0.1, -0.05) is 24.3 Å². The normalized spacial score (nSPS) is 17.3. The largest absolute Gasteiger partial charge is 0.379 e. The number of ether oxygens (including phenoxy) is 1. The Morgan fingerprint density at radius 3 is 2.50 bits per heavy atom. The smallest absolute Gasteiger partial charge is 0.251 e. The Bertz CT molecular complexity index is 1670. The standard InChI is InChI=1S/C36H45N5O3/c1-24-21-25(2)38-36(43)30(24)10-11-33(42)35-27(4)41(32-8-6-5-7-31(32)35)26(3)29-13-15-40(16-14-29)34-12-9-28(22-37-34)23-39-17-19-44-20-18-39/h5-9,12,21-22,26,29H,10-11,13-20,23H2,1-4H3,(H,38,43)/t26-/m1/s1. The number of pyridine rings is 2. The van der Waals surface area contributed by atoms with E-state index >= 15 is 0 Å². The molecule has 4 aromatic rings. The van der Waals surface area contributed by atoms with Crippen molar-refractivity contribution < 1.29 is 9.53 Å². The highest BCUT2D eigenvalue weighted by Gasteiger charge is 2.29. The zero-order valence-electron chi connectivity index (χ0n) is 26.6. The number of aromatic amines is 1. The minimum Gasteiger partial charge on any atom is -0.379 e. The van der Waals surface area contributed by atoms with Gasteiger partial charge in [0.05, 0.1) is 13.2 Å². The van der Waals surface area contributed by atoms with Gasteiger partial charge in [-0.05, 0) is 82.2 Å². The number of carbonyl (C=O) groups excluding carboxylic acids is 1. The molecule has 6 rings (SSSR count). The van der Waals surface area contributed by atoms with Gasteiger partial charge in [0, 0.05) is 84.8 Å². The lowest BCUT2D eigenvalue weighted by molar-refractivity contribution is 0.0341. The molecule has 1 aromatic carbocycles. The molecule has 44 heavy (non-hydrogen) atoms. The number of para-hydroxylation sites is 1. The summed E-state index contributed by atoms with van der Waals surface area (Å²) in [5, 5.41) is 1.01. The number of fused-ring (bicyclic) bond motifs is 1. The Morgan fingerprint density at radius 2 is 1.80 bits per heavy atom. The van der Waals surface area contributed by atoms with Gasteiger partial charge in [-0.15, -0.1) is 0 Å². The van der Waals surface area contributed by atoms with Crippen molar-refractivity contribution in [2.45, 2.75) is 66.0 Å². The highest BCUT2D eigenvalue weighted by Crippen LogP contribution is 2.37. The summed E-state index contributed by atoms with van der Waals surface area (Å²) in [5.41, 5.74) is 6.59. The first-order valence-corrected chi connectivity index (χ1v) is 16.1. The number of ketones is 1. The highest BCUT2D eigenvalue weighted by molar-refractivity contribution is 6.09. The SMILES string of the molecule is Cc1cc(C)c(CCC(=O)c2c(C)n([C@H](C)C3CCN(c4ccc(CN5CCOCC5)cn4)CC3)c3ccccc23)c(=O)[nH]1. The molecule has 3 aromatic heterocycles. The van der Waals surface area contributed by atoms with Crippen LogP contribution in [0.1, 0.15) is 70.7 Å². The van der Waals surface area contributed by atoms with Crippen LogP contribution < -0.4 is 10.5 Å². The second-order valence-corrected chi connectivity index (χ2v) is 12.7. The Balaban J connectivity index is 1.14. The van der Waals surface area contributed by atoms with Crippen LogP contribution in [-0.4, -0.2) is 64.6 Å². The molecule has 5 heterocycles. The summed E-state index contributed by atoms with van der Waals surface area (Å²) >= 11 is 0. The van der Waals surface area contributed by atoms with Gasteiger partial charge in [0.25, 0.3) is 5.56 Å². The van der Waals surface area contributed by atoms with Gasteiger partial charge >= 0.3 is 0 Å². The van der Waals surface area contributed by atoms with Gasteiger partial charge in [0.2, 0.25) is 0 Å². The number of aryl methyl sites for hydroxylation is 2. The predicted molar refractivity (Wildman–Crippen MR) is 176 cm³/mol. The summed E-state index contributed by atoms with van der Waals surface area (Å²) in [6.07, 6.45) is 4.93. The average molecular weight is 596 g/mol. The molecule has 232 valence electrons. The van der Waals surface area contributed by atoms with E-state index in [2.05, 4.69) is 63.5 Å². The van der Waals surface area contributed by atoms with Crippen LogP contribution in [-0.2, 0) is 17.7 Å². The summed E-state index contributed by atoms with van der Waals surface area (Å²) in [4.78, 5) is 38.9. The molecule has 0 radical (unpaired) electrons. The van der Waals surface area contributed by atoms with E-state index in [1.54, 1.807) is 0 Å². The number of piperidine rings is 1. The lowest BCUT2D eigenvalue weighted by atomic mass is 9.90. The number of morpholine rings is 1. The summed E-state index contributed by atoms with van der Waals surface area (Å²) in [7, 11) is 0. The molecule has 0 unspecified atom stereocenters. The van der Waals surface area contributed by atoms with Crippen LogP contribution in [0.15, 0.2) is 53.5 Å². The molecule has 0 amide bonds. The van der Waals surface area contributed by atoms with E-state index < -0.39 is 0 Å². The van der Waals surface area contributed by atoms with Crippen molar-refractivity contribution in [3.8, 4) is 0 Å². The molecular formula is C36H45N5O3. The molecule has 0 saturated carbocycles. The van der Waals surface area contributed by atoms with Crippen molar-refractivity contribution in [3.05, 3.63) is 92.7 Å². The molecular weight excluding hydrogens is 550 g/mol.